The molecule has 1 aliphatic rings. The molecule has 0 atom stereocenters. The zero-order valence-corrected chi connectivity index (χ0v) is 15.7. The largest absolute Gasteiger partial charge is 0.726 e. The monoisotopic (exact) mass is 391 g/mol. The first-order valence-corrected chi connectivity index (χ1v) is 9.41. The van der Waals surface area contributed by atoms with Crippen LogP contribution in [0.1, 0.15) is 19.3 Å². The van der Waals surface area contributed by atoms with Gasteiger partial charge in [-0.25, -0.2) is 8.42 Å². The first kappa shape index (κ1) is 22.1. The zero-order valence-electron chi connectivity index (χ0n) is 14.9. The van der Waals surface area contributed by atoms with E-state index in [0.29, 0.717) is 12.3 Å². The normalized spacial score (nSPS) is 16.3. The Labute approximate surface area is 153 Å². The third-order valence-electron chi connectivity index (χ3n) is 4.17. The molecule has 1 fully saturated rings. The number of benzene rings is 1. The number of nitro benzene ring substituents is 1. The van der Waals surface area contributed by atoms with Gasteiger partial charge in [0, 0.05) is 17.8 Å². The van der Waals surface area contributed by atoms with Crippen LogP contribution in [0.25, 0.3) is 0 Å². The van der Waals surface area contributed by atoms with Crippen LogP contribution >= 0.6 is 0 Å². The Kier molecular flexibility index (Phi) is 8.21. The second-order valence-corrected chi connectivity index (χ2v) is 7.41. The number of likely N-dealkylation sites (N-methyl/N-ethyl adjacent to an activating group) is 1. The van der Waals surface area contributed by atoms with Crippen LogP contribution in [0.5, 0.6) is 5.75 Å². The minimum Gasteiger partial charge on any atom is -0.726 e. The fourth-order valence-corrected chi connectivity index (χ4v) is 2.67. The number of anilines is 1. The molecule has 0 aromatic heterocycles. The van der Waals surface area contributed by atoms with E-state index in [4.69, 9.17) is 10.5 Å². The maximum atomic E-state index is 10.9. The average molecular weight is 391 g/mol. The molecule has 1 aromatic carbocycles. The fourth-order valence-electron chi connectivity index (χ4n) is 2.67. The van der Waals surface area contributed by atoms with Crippen molar-refractivity contribution in [1.29, 1.82) is 0 Å². The van der Waals surface area contributed by atoms with Crippen molar-refractivity contribution in [1.82, 2.24) is 0 Å². The van der Waals surface area contributed by atoms with Gasteiger partial charge in [0.25, 0.3) is 0 Å². The van der Waals surface area contributed by atoms with E-state index in [1.54, 1.807) is 0 Å². The van der Waals surface area contributed by atoms with E-state index in [-0.39, 0.29) is 11.4 Å². The Hall–Kier alpha value is -1.95. The highest BCUT2D eigenvalue weighted by Gasteiger charge is 2.25. The highest BCUT2D eigenvalue weighted by Crippen LogP contribution is 2.29. The quantitative estimate of drug-likeness (QED) is 0.191. The van der Waals surface area contributed by atoms with Gasteiger partial charge in [-0.2, -0.15) is 0 Å². The van der Waals surface area contributed by atoms with Gasteiger partial charge in [-0.05, 0) is 25.3 Å². The molecule has 0 amide bonds. The van der Waals surface area contributed by atoms with Gasteiger partial charge >= 0.3 is 5.69 Å². The van der Waals surface area contributed by atoms with Gasteiger partial charge in [-0.1, -0.05) is 0 Å². The first-order valence-electron chi connectivity index (χ1n) is 8.08. The van der Waals surface area contributed by atoms with Crippen molar-refractivity contribution < 1.29 is 31.3 Å². The second kappa shape index (κ2) is 9.67. The maximum absolute atomic E-state index is 10.9. The maximum Gasteiger partial charge on any atom is 0.311 e. The van der Waals surface area contributed by atoms with Gasteiger partial charge in [-0.3, -0.25) is 14.3 Å². The highest BCUT2D eigenvalue weighted by molar-refractivity contribution is 7.80. The van der Waals surface area contributed by atoms with Gasteiger partial charge in [0.05, 0.1) is 32.2 Å². The number of nitro groups is 1. The molecule has 1 aromatic rings. The first-order chi connectivity index (χ1) is 12.1. The number of quaternary nitrogens is 1. The predicted octanol–water partition coefficient (Wildman–Crippen LogP) is 1.28. The Morgan fingerprint density at radius 3 is 2.35 bits per heavy atom. The molecule has 11 heteroatoms. The molecule has 1 saturated heterocycles. The second-order valence-electron chi connectivity index (χ2n) is 6.26. The van der Waals surface area contributed by atoms with Gasteiger partial charge in [0.2, 0.25) is 10.4 Å². The molecule has 0 radical (unpaired) electrons. The van der Waals surface area contributed by atoms with Crippen molar-refractivity contribution in [2.75, 3.05) is 46.1 Å². The highest BCUT2D eigenvalue weighted by atomic mass is 32.3. The van der Waals surface area contributed by atoms with E-state index < -0.39 is 15.3 Å². The summed E-state index contributed by atoms with van der Waals surface area (Å²) >= 11 is 0. The van der Waals surface area contributed by atoms with E-state index in [1.807, 2.05) is 0 Å². The van der Waals surface area contributed by atoms with Gasteiger partial charge in [0.15, 0.2) is 5.75 Å². The van der Waals surface area contributed by atoms with E-state index in [1.165, 1.54) is 37.5 Å². The summed E-state index contributed by atoms with van der Waals surface area (Å²) in [6.45, 7) is 3.65. The third-order valence-corrected chi connectivity index (χ3v) is 4.58. The van der Waals surface area contributed by atoms with Crippen LogP contribution in [0.15, 0.2) is 18.2 Å². The number of nitrogens with zero attached hydrogens (tertiary/aromatic N) is 2. The number of likely N-dealkylation sites (tertiary alicyclic amines) is 1. The zero-order chi connectivity index (χ0) is 19.8. The van der Waals surface area contributed by atoms with Gasteiger partial charge in [-0.15, -0.1) is 0 Å². The van der Waals surface area contributed by atoms with Crippen LogP contribution in [0, 0.1) is 10.1 Å². The molecule has 0 aliphatic carbocycles. The van der Waals surface area contributed by atoms with Crippen molar-refractivity contribution in [3.8, 4) is 5.75 Å². The minimum absolute atomic E-state index is 0.0273. The standard InChI is InChI=1S/C14H22N3O3.CH4O4S/c1-17(7-3-2-4-8-17)9-10-20-14-11-12(15)5-6-13(14)16(18)19;1-5-6(2,3)4/h5-6,11H,2-4,7-10,15H2,1H3;1H3,(H,2,3,4)/q+1;/p-1. The summed E-state index contributed by atoms with van der Waals surface area (Å²) < 4.78 is 37.6. The molecule has 0 bridgehead atoms. The number of hydrogen-bond acceptors (Lipinski definition) is 8. The lowest BCUT2D eigenvalue weighted by Crippen LogP contribution is -2.50. The lowest BCUT2D eigenvalue weighted by Gasteiger charge is -2.37. The molecule has 2 N–H and O–H groups in total. The molecule has 1 aliphatic heterocycles. The Bertz CT molecular complexity index is 703. The van der Waals surface area contributed by atoms with E-state index in [9.17, 15) is 23.1 Å². The van der Waals surface area contributed by atoms with Gasteiger partial charge in [0.1, 0.15) is 13.2 Å². The van der Waals surface area contributed by atoms with Crippen LogP contribution in [0.3, 0.4) is 0 Å². The molecule has 26 heavy (non-hydrogen) atoms. The van der Waals surface area contributed by atoms with Crippen molar-refractivity contribution in [2.45, 2.75) is 19.3 Å². The molecule has 0 spiro atoms. The van der Waals surface area contributed by atoms with Crippen LogP contribution in [-0.2, 0) is 14.6 Å². The molecule has 0 unspecified atom stereocenters. The summed E-state index contributed by atoms with van der Waals surface area (Å²) in [6.07, 6.45) is 3.79. The summed E-state index contributed by atoms with van der Waals surface area (Å²) in [7, 11) is -1.39. The summed E-state index contributed by atoms with van der Waals surface area (Å²) in [4.78, 5) is 10.5. The summed E-state index contributed by atoms with van der Waals surface area (Å²) in [5, 5.41) is 10.9. The van der Waals surface area contributed by atoms with Crippen LogP contribution in [-0.4, -0.2) is 62.8 Å². The third kappa shape index (κ3) is 7.95. The summed E-state index contributed by atoms with van der Waals surface area (Å²) in [5.74, 6) is 0.263. The van der Waals surface area contributed by atoms with Crippen molar-refractivity contribution in [3.05, 3.63) is 28.3 Å². The molecular formula is C15H25N3O7S. The molecule has 0 saturated carbocycles. The molecule has 1 heterocycles. The summed E-state index contributed by atoms with van der Waals surface area (Å²) in [6, 6.07) is 4.43. The molecule has 10 nitrogen and oxygen atoms in total. The Morgan fingerprint density at radius 1 is 1.27 bits per heavy atom. The Morgan fingerprint density at radius 2 is 1.85 bits per heavy atom. The van der Waals surface area contributed by atoms with Crippen LogP contribution < -0.4 is 10.5 Å². The molecular weight excluding hydrogens is 366 g/mol. The van der Waals surface area contributed by atoms with E-state index in [0.717, 1.165) is 31.2 Å². The topological polar surface area (TPSA) is 145 Å². The van der Waals surface area contributed by atoms with Crippen molar-refractivity contribution >= 4 is 21.8 Å². The lowest BCUT2D eigenvalue weighted by molar-refractivity contribution is -0.914. The Balaban J connectivity index is 0.000000487. The molecule has 148 valence electrons. The van der Waals surface area contributed by atoms with E-state index in [2.05, 4.69) is 11.2 Å². The van der Waals surface area contributed by atoms with Crippen molar-refractivity contribution in [3.63, 3.8) is 0 Å². The summed E-state index contributed by atoms with van der Waals surface area (Å²) in [5.41, 5.74) is 6.11. The van der Waals surface area contributed by atoms with Crippen LogP contribution in [0.2, 0.25) is 0 Å². The number of nitrogen functional groups attached to an aromatic ring is 1. The number of piperidine rings is 1. The predicted molar refractivity (Wildman–Crippen MR) is 94.3 cm³/mol. The lowest BCUT2D eigenvalue weighted by atomic mass is 10.1. The van der Waals surface area contributed by atoms with Gasteiger partial charge < -0.3 is 19.5 Å². The number of ether oxygens (including phenoxy) is 1. The molecule has 2 rings (SSSR count). The number of hydrogen-bond donors (Lipinski definition) is 1. The minimum atomic E-state index is -4.41. The van der Waals surface area contributed by atoms with Crippen molar-refractivity contribution in [2.24, 2.45) is 0 Å². The van der Waals surface area contributed by atoms with E-state index >= 15 is 0 Å². The number of rotatable bonds is 6. The SMILES string of the molecule is COS(=O)(=O)[O-].C[N+]1(CCOc2cc(N)ccc2[N+](=O)[O-])CCCCC1. The number of nitrogens with two attached hydrogens (primary N) is 1. The average Bonchev–Trinajstić information content (AvgIpc) is 2.55. The fraction of sp³-hybridized carbons (Fsp3) is 0.600. The van der Waals surface area contributed by atoms with Crippen LogP contribution in [0.4, 0.5) is 11.4 Å². The smallest absolute Gasteiger partial charge is 0.311 e.